The van der Waals surface area contributed by atoms with Gasteiger partial charge in [-0.05, 0) is 13.0 Å². The molecule has 1 N–H and O–H groups in total. The Bertz CT molecular complexity index is 542. The Morgan fingerprint density at radius 2 is 2.26 bits per heavy atom. The van der Waals surface area contributed by atoms with E-state index in [9.17, 15) is 4.39 Å². The van der Waals surface area contributed by atoms with Gasteiger partial charge in [0.1, 0.15) is 0 Å². The van der Waals surface area contributed by atoms with Gasteiger partial charge in [0, 0.05) is 25.1 Å². The van der Waals surface area contributed by atoms with Crippen molar-refractivity contribution in [2.75, 3.05) is 13.7 Å². The van der Waals surface area contributed by atoms with Gasteiger partial charge in [-0.2, -0.15) is 4.98 Å². The normalized spacial score (nSPS) is 10.7. The average molecular weight is 265 g/mol. The van der Waals surface area contributed by atoms with Crippen LogP contribution in [-0.4, -0.2) is 23.8 Å². The van der Waals surface area contributed by atoms with Crippen molar-refractivity contribution >= 4 is 0 Å². The minimum absolute atomic E-state index is 0.256. The molecule has 0 radical (unpaired) electrons. The molecule has 2 rings (SSSR count). The molecule has 6 heteroatoms. The molecule has 0 aliphatic carbocycles. The molecule has 0 atom stereocenters. The molecule has 1 heterocycles. The number of rotatable bonds is 6. The lowest BCUT2D eigenvalue weighted by Gasteiger charge is -2.07. The van der Waals surface area contributed by atoms with Crippen LogP contribution in [0, 0.1) is 12.7 Å². The summed E-state index contributed by atoms with van der Waals surface area (Å²) in [6.45, 7) is 2.83. The van der Waals surface area contributed by atoms with E-state index in [0.29, 0.717) is 36.8 Å². The molecule has 2 aromatic rings. The molecule has 0 saturated carbocycles. The van der Waals surface area contributed by atoms with Gasteiger partial charge >= 0.3 is 0 Å². The van der Waals surface area contributed by atoms with Crippen molar-refractivity contribution in [1.29, 1.82) is 0 Å². The van der Waals surface area contributed by atoms with E-state index in [2.05, 4.69) is 15.5 Å². The van der Waals surface area contributed by atoms with Crippen LogP contribution in [-0.2, 0) is 13.0 Å². The maximum Gasteiger partial charge on any atom is 0.227 e. The van der Waals surface area contributed by atoms with Crippen molar-refractivity contribution in [1.82, 2.24) is 15.5 Å². The highest BCUT2D eigenvalue weighted by atomic mass is 19.1. The number of aromatic nitrogens is 2. The van der Waals surface area contributed by atoms with Crippen LogP contribution in [0.2, 0.25) is 0 Å². The summed E-state index contributed by atoms with van der Waals surface area (Å²) in [7, 11) is 1.45. The van der Waals surface area contributed by atoms with Crippen LogP contribution in [0.3, 0.4) is 0 Å². The van der Waals surface area contributed by atoms with Crippen LogP contribution in [0.4, 0.5) is 4.39 Å². The van der Waals surface area contributed by atoms with E-state index in [-0.39, 0.29) is 11.6 Å². The van der Waals surface area contributed by atoms with E-state index in [1.807, 2.05) is 0 Å². The summed E-state index contributed by atoms with van der Waals surface area (Å²) in [4.78, 5) is 4.09. The topological polar surface area (TPSA) is 60.2 Å². The SMILES string of the molecule is COc1cccc(CNCCc2nc(C)no2)c1F. The lowest BCUT2D eigenvalue weighted by molar-refractivity contribution is 0.371. The Morgan fingerprint density at radius 3 is 2.95 bits per heavy atom. The van der Waals surface area contributed by atoms with Crippen molar-refractivity contribution < 1.29 is 13.7 Å². The summed E-state index contributed by atoms with van der Waals surface area (Å²) in [5, 5.41) is 6.83. The highest BCUT2D eigenvalue weighted by Crippen LogP contribution is 2.19. The number of methoxy groups -OCH3 is 1. The van der Waals surface area contributed by atoms with Crippen molar-refractivity contribution in [2.24, 2.45) is 0 Å². The molecule has 0 amide bonds. The Kier molecular flexibility index (Phi) is 4.46. The standard InChI is InChI=1S/C13H16FN3O2/c1-9-16-12(19-17-9)6-7-15-8-10-4-3-5-11(18-2)13(10)14/h3-5,15H,6-8H2,1-2H3. The summed E-state index contributed by atoms with van der Waals surface area (Å²) in [5.41, 5.74) is 0.570. The van der Waals surface area contributed by atoms with Crippen LogP contribution < -0.4 is 10.1 Å². The summed E-state index contributed by atoms with van der Waals surface area (Å²) >= 11 is 0. The molecule has 0 bridgehead atoms. The molecule has 19 heavy (non-hydrogen) atoms. The number of nitrogens with zero attached hydrogens (tertiary/aromatic N) is 2. The maximum atomic E-state index is 13.8. The zero-order chi connectivity index (χ0) is 13.7. The van der Waals surface area contributed by atoms with Crippen LogP contribution >= 0.6 is 0 Å². The fourth-order valence-corrected chi connectivity index (χ4v) is 1.71. The number of hydrogen-bond acceptors (Lipinski definition) is 5. The maximum absolute atomic E-state index is 13.8. The van der Waals surface area contributed by atoms with Crippen LogP contribution in [0.15, 0.2) is 22.7 Å². The second-order valence-corrected chi connectivity index (χ2v) is 4.10. The van der Waals surface area contributed by atoms with Gasteiger partial charge in [0.25, 0.3) is 0 Å². The van der Waals surface area contributed by atoms with E-state index in [4.69, 9.17) is 9.26 Å². The Morgan fingerprint density at radius 1 is 1.42 bits per heavy atom. The third-order valence-corrected chi connectivity index (χ3v) is 2.66. The van der Waals surface area contributed by atoms with Gasteiger partial charge in [-0.1, -0.05) is 17.3 Å². The van der Waals surface area contributed by atoms with Gasteiger partial charge in [0.2, 0.25) is 5.89 Å². The average Bonchev–Trinajstić information content (AvgIpc) is 2.82. The molecule has 102 valence electrons. The minimum Gasteiger partial charge on any atom is -0.494 e. The number of aryl methyl sites for hydroxylation is 1. The Hall–Kier alpha value is -1.95. The summed E-state index contributed by atoms with van der Waals surface area (Å²) < 4.78 is 23.7. The molecule has 0 aliphatic heterocycles. The number of halogens is 1. The largest absolute Gasteiger partial charge is 0.494 e. The number of hydrogen-bond donors (Lipinski definition) is 1. The highest BCUT2D eigenvalue weighted by molar-refractivity contribution is 5.30. The molecule has 0 saturated heterocycles. The quantitative estimate of drug-likeness (QED) is 0.808. The number of benzene rings is 1. The molecule has 0 aliphatic rings. The highest BCUT2D eigenvalue weighted by Gasteiger charge is 2.08. The van der Waals surface area contributed by atoms with Crippen molar-refractivity contribution in [3.63, 3.8) is 0 Å². The zero-order valence-electron chi connectivity index (χ0n) is 10.9. The van der Waals surface area contributed by atoms with E-state index < -0.39 is 0 Å². The molecule has 1 aromatic heterocycles. The lowest BCUT2D eigenvalue weighted by Crippen LogP contribution is -2.17. The molecule has 0 fully saturated rings. The van der Waals surface area contributed by atoms with E-state index >= 15 is 0 Å². The second-order valence-electron chi connectivity index (χ2n) is 4.10. The predicted molar refractivity (Wildman–Crippen MR) is 67.4 cm³/mol. The predicted octanol–water partition coefficient (Wildman–Crippen LogP) is 1.86. The third-order valence-electron chi connectivity index (χ3n) is 2.66. The number of ether oxygens (including phenoxy) is 1. The first-order chi connectivity index (χ1) is 9.20. The number of nitrogens with one attached hydrogen (secondary N) is 1. The van der Waals surface area contributed by atoms with Crippen LogP contribution in [0.25, 0.3) is 0 Å². The van der Waals surface area contributed by atoms with Crippen molar-refractivity contribution in [3.8, 4) is 5.75 Å². The summed E-state index contributed by atoms with van der Waals surface area (Å²) in [6, 6.07) is 5.09. The lowest BCUT2D eigenvalue weighted by atomic mass is 10.2. The zero-order valence-corrected chi connectivity index (χ0v) is 10.9. The monoisotopic (exact) mass is 265 g/mol. The van der Waals surface area contributed by atoms with Gasteiger partial charge in [-0.3, -0.25) is 0 Å². The van der Waals surface area contributed by atoms with Crippen LogP contribution in [0.5, 0.6) is 5.75 Å². The van der Waals surface area contributed by atoms with Crippen LogP contribution in [0.1, 0.15) is 17.3 Å². The molecule has 0 unspecified atom stereocenters. The smallest absolute Gasteiger partial charge is 0.227 e. The summed E-state index contributed by atoms with van der Waals surface area (Å²) in [5.74, 6) is 1.13. The van der Waals surface area contributed by atoms with Crippen molar-refractivity contribution in [2.45, 2.75) is 19.9 Å². The summed E-state index contributed by atoms with van der Waals surface area (Å²) in [6.07, 6.45) is 0.617. The van der Waals surface area contributed by atoms with E-state index in [0.717, 1.165) is 0 Å². The molecule has 1 aromatic carbocycles. The third kappa shape index (κ3) is 3.51. The van der Waals surface area contributed by atoms with E-state index in [1.54, 1.807) is 25.1 Å². The first kappa shape index (κ1) is 13.5. The minimum atomic E-state index is -0.328. The van der Waals surface area contributed by atoms with Gasteiger partial charge in [-0.25, -0.2) is 4.39 Å². The van der Waals surface area contributed by atoms with Gasteiger partial charge in [0.05, 0.1) is 7.11 Å². The second kappa shape index (κ2) is 6.29. The first-order valence-electron chi connectivity index (χ1n) is 6.02. The fraction of sp³-hybridized carbons (Fsp3) is 0.385. The van der Waals surface area contributed by atoms with Gasteiger partial charge < -0.3 is 14.6 Å². The fourth-order valence-electron chi connectivity index (χ4n) is 1.71. The Balaban J connectivity index is 1.82. The van der Waals surface area contributed by atoms with Gasteiger partial charge in [-0.15, -0.1) is 0 Å². The molecule has 5 nitrogen and oxygen atoms in total. The Labute approximate surface area is 110 Å². The first-order valence-corrected chi connectivity index (χ1v) is 6.02. The van der Waals surface area contributed by atoms with Crippen molar-refractivity contribution in [3.05, 3.63) is 41.3 Å². The van der Waals surface area contributed by atoms with E-state index in [1.165, 1.54) is 7.11 Å². The molecular weight excluding hydrogens is 249 g/mol. The van der Waals surface area contributed by atoms with Gasteiger partial charge in [0.15, 0.2) is 17.4 Å². The molecule has 0 spiro atoms. The molecular formula is C13H16FN3O2.